The van der Waals surface area contributed by atoms with Crippen LogP contribution in [0.5, 0.6) is 5.88 Å². The molecule has 0 aliphatic rings. The third-order valence-electron chi connectivity index (χ3n) is 1.65. The number of nitrogens with zero attached hydrogens (tertiary/aromatic N) is 1. The predicted octanol–water partition coefficient (Wildman–Crippen LogP) is 2.70. The summed E-state index contributed by atoms with van der Waals surface area (Å²) in [5.74, 6) is -0.134. The molecule has 0 aliphatic carbocycles. The van der Waals surface area contributed by atoms with Gasteiger partial charge in [0.25, 0.3) is 0 Å². The number of halogens is 1. The van der Waals surface area contributed by atoms with Gasteiger partial charge in [-0.2, -0.15) is 0 Å². The molecular weight excluding hydrogens is 230 g/mol. The van der Waals surface area contributed by atoms with Gasteiger partial charge >= 0.3 is 5.97 Å². The first kappa shape index (κ1) is 12.8. The van der Waals surface area contributed by atoms with E-state index in [1.54, 1.807) is 26.8 Å². The number of methoxy groups -OCH3 is 1. The predicted molar refractivity (Wildman–Crippen MR) is 61.0 cm³/mol. The van der Waals surface area contributed by atoms with Gasteiger partial charge in [-0.25, -0.2) is 9.78 Å². The Morgan fingerprint density at radius 3 is 2.44 bits per heavy atom. The zero-order valence-corrected chi connectivity index (χ0v) is 10.5. The first-order valence-corrected chi connectivity index (χ1v) is 5.15. The van der Waals surface area contributed by atoms with Crippen LogP contribution in [0.3, 0.4) is 0 Å². The smallest absolute Gasteiger partial charge is 0.341 e. The molecule has 88 valence electrons. The fourth-order valence-corrected chi connectivity index (χ4v) is 1.24. The molecule has 0 N–H and O–H groups in total. The fourth-order valence-electron chi connectivity index (χ4n) is 1.02. The second-order valence-corrected chi connectivity index (χ2v) is 4.55. The van der Waals surface area contributed by atoms with Gasteiger partial charge in [0.1, 0.15) is 10.8 Å². The lowest BCUT2D eigenvalue weighted by molar-refractivity contribution is 0.00693. The van der Waals surface area contributed by atoms with Crippen LogP contribution in [0.15, 0.2) is 12.1 Å². The molecule has 0 aromatic carbocycles. The van der Waals surface area contributed by atoms with Crippen LogP contribution in [0, 0.1) is 0 Å². The number of ether oxygens (including phenoxy) is 2. The zero-order valence-electron chi connectivity index (χ0n) is 9.70. The van der Waals surface area contributed by atoms with Gasteiger partial charge in [0.05, 0.1) is 12.7 Å². The van der Waals surface area contributed by atoms with Crippen molar-refractivity contribution in [3.05, 3.63) is 22.8 Å². The van der Waals surface area contributed by atoms with Crippen LogP contribution in [-0.2, 0) is 4.74 Å². The van der Waals surface area contributed by atoms with Gasteiger partial charge in [0.15, 0.2) is 0 Å². The molecule has 0 saturated carbocycles. The molecule has 5 heteroatoms. The molecule has 0 fully saturated rings. The van der Waals surface area contributed by atoms with Gasteiger partial charge in [0.2, 0.25) is 5.88 Å². The average molecular weight is 244 g/mol. The summed E-state index contributed by atoms with van der Waals surface area (Å²) in [4.78, 5) is 15.6. The summed E-state index contributed by atoms with van der Waals surface area (Å²) in [5, 5.41) is 0.0774. The normalized spacial score (nSPS) is 11.1. The lowest BCUT2D eigenvalue weighted by atomic mass is 10.2. The van der Waals surface area contributed by atoms with Crippen LogP contribution >= 0.6 is 11.6 Å². The highest BCUT2D eigenvalue weighted by Gasteiger charge is 2.20. The van der Waals surface area contributed by atoms with E-state index < -0.39 is 11.6 Å². The third-order valence-corrected chi connectivity index (χ3v) is 1.94. The highest BCUT2D eigenvalue weighted by Crippen LogP contribution is 2.20. The van der Waals surface area contributed by atoms with Crippen LogP contribution in [-0.4, -0.2) is 23.7 Å². The number of rotatable bonds is 2. The number of hydrogen-bond donors (Lipinski definition) is 0. The fraction of sp³-hybridized carbons (Fsp3) is 0.455. The van der Waals surface area contributed by atoms with E-state index in [0.717, 1.165) is 0 Å². The van der Waals surface area contributed by atoms with Crippen molar-refractivity contribution in [2.24, 2.45) is 0 Å². The molecule has 0 unspecified atom stereocenters. The molecule has 1 heterocycles. The second kappa shape index (κ2) is 4.70. The minimum Gasteiger partial charge on any atom is -0.481 e. The van der Waals surface area contributed by atoms with Gasteiger partial charge in [-0.1, -0.05) is 11.6 Å². The summed E-state index contributed by atoms with van der Waals surface area (Å²) in [6.45, 7) is 5.36. The standard InChI is InChI=1S/C11H14ClNO3/c1-11(2,3)16-10(14)7-5-6-8(15-4)13-9(7)12/h5-6H,1-4H3. The van der Waals surface area contributed by atoms with Crippen molar-refractivity contribution in [1.29, 1.82) is 0 Å². The third kappa shape index (κ3) is 3.38. The van der Waals surface area contributed by atoms with Crippen LogP contribution in [0.1, 0.15) is 31.1 Å². The van der Waals surface area contributed by atoms with E-state index in [1.807, 2.05) is 0 Å². The number of carbonyl (C=O) groups excluding carboxylic acids is 1. The summed E-state index contributed by atoms with van der Waals surface area (Å²) in [7, 11) is 1.48. The van der Waals surface area contributed by atoms with Crippen molar-refractivity contribution in [3.63, 3.8) is 0 Å². The van der Waals surface area contributed by atoms with Crippen molar-refractivity contribution in [2.75, 3.05) is 7.11 Å². The Labute approximate surface area is 99.5 Å². The van der Waals surface area contributed by atoms with E-state index >= 15 is 0 Å². The largest absolute Gasteiger partial charge is 0.481 e. The van der Waals surface area contributed by atoms with Crippen molar-refractivity contribution < 1.29 is 14.3 Å². The highest BCUT2D eigenvalue weighted by atomic mass is 35.5. The van der Waals surface area contributed by atoms with Gasteiger partial charge in [0, 0.05) is 6.07 Å². The topological polar surface area (TPSA) is 48.4 Å². The molecule has 1 aromatic rings. The lowest BCUT2D eigenvalue weighted by Crippen LogP contribution is -2.24. The molecule has 0 bridgehead atoms. The Bertz CT molecular complexity index is 399. The van der Waals surface area contributed by atoms with Gasteiger partial charge in [-0.15, -0.1) is 0 Å². The number of hydrogen-bond acceptors (Lipinski definition) is 4. The van der Waals surface area contributed by atoms with Crippen molar-refractivity contribution >= 4 is 17.6 Å². The summed E-state index contributed by atoms with van der Waals surface area (Å²) >= 11 is 5.84. The summed E-state index contributed by atoms with van der Waals surface area (Å²) in [6, 6.07) is 3.09. The molecule has 0 amide bonds. The zero-order chi connectivity index (χ0) is 12.3. The number of esters is 1. The Balaban J connectivity index is 2.93. The Hall–Kier alpha value is -1.29. The molecule has 1 aromatic heterocycles. The van der Waals surface area contributed by atoms with Crippen molar-refractivity contribution in [2.45, 2.75) is 26.4 Å². The van der Waals surface area contributed by atoms with Crippen molar-refractivity contribution in [3.8, 4) is 5.88 Å². The number of aromatic nitrogens is 1. The summed E-state index contributed by atoms with van der Waals surface area (Å²) in [6.07, 6.45) is 0. The minimum atomic E-state index is -0.555. The number of pyridine rings is 1. The first-order valence-electron chi connectivity index (χ1n) is 4.77. The van der Waals surface area contributed by atoms with Crippen LogP contribution < -0.4 is 4.74 Å². The van der Waals surface area contributed by atoms with E-state index in [2.05, 4.69) is 4.98 Å². The molecule has 4 nitrogen and oxygen atoms in total. The Morgan fingerprint density at radius 2 is 2.00 bits per heavy atom. The molecule has 0 radical (unpaired) electrons. The number of carbonyl (C=O) groups is 1. The molecule has 16 heavy (non-hydrogen) atoms. The maximum absolute atomic E-state index is 11.7. The Kier molecular flexibility index (Phi) is 3.75. The van der Waals surface area contributed by atoms with E-state index in [1.165, 1.54) is 13.2 Å². The summed E-state index contributed by atoms with van der Waals surface area (Å²) < 4.78 is 10.1. The van der Waals surface area contributed by atoms with Crippen LogP contribution in [0.2, 0.25) is 5.15 Å². The van der Waals surface area contributed by atoms with E-state index in [4.69, 9.17) is 21.1 Å². The minimum absolute atomic E-state index is 0.0774. The average Bonchev–Trinajstić information content (AvgIpc) is 2.14. The molecule has 0 spiro atoms. The summed E-state index contributed by atoms with van der Waals surface area (Å²) in [5.41, 5.74) is -0.322. The second-order valence-electron chi connectivity index (χ2n) is 4.19. The first-order chi connectivity index (χ1) is 7.33. The van der Waals surface area contributed by atoms with Gasteiger partial charge in [-0.05, 0) is 26.8 Å². The quantitative estimate of drug-likeness (QED) is 0.592. The SMILES string of the molecule is COc1ccc(C(=O)OC(C)(C)C)c(Cl)n1. The molecular formula is C11H14ClNO3. The van der Waals surface area contributed by atoms with E-state index in [0.29, 0.717) is 5.88 Å². The van der Waals surface area contributed by atoms with E-state index in [-0.39, 0.29) is 10.7 Å². The van der Waals surface area contributed by atoms with Crippen molar-refractivity contribution in [1.82, 2.24) is 4.98 Å². The maximum Gasteiger partial charge on any atom is 0.341 e. The molecule has 0 saturated heterocycles. The Morgan fingerprint density at radius 1 is 1.38 bits per heavy atom. The maximum atomic E-state index is 11.7. The van der Waals surface area contributed by atoms with Gasteiger partial charge < -0.3 is 9.47 Å². The van der Waals surface area contributed by atoms with Crippen LogP contribution in [0.4, 0.5) is 0 Å². The molecule has 1 rings (SSSR count). The van der Waals surface area contributed by atoms with Crippen LogP contribution in [0.25, 0.3) is 0 Å². The monoisotopic (exact) mass is 243 g/mol. The molecule has 0 atom stereocenters. The lowest BCUT2D eigenvalue weighted by Gasteiger charge is -2.19. The van der Waals surface area contributed by atoms with Gasteiger partial charge in [-0.3, -0.25) is 0 Å². The highest BCUT2D eigenvalue weighted by molar-refractivity contribution is 6.32. The molecule has 0 aliphatic heterocycles. The van der Waals surface area contributed by atoms with E-state index in [9.17, 15) is 4.79 Å².